The van der Waals surface area contributed by atoms with Gasteiger partial charge in [0.15, 0.2) is 0 Å². The topological polar surface area (TPSA) is 288 Å². The van der Waals surface area contributed by atoms with Crippen LogP contribution in [-0.2, 0) is 41.6 Å². The second kappa shape index (κ2) is 13.3. The molecule has 4 amide bonds. The summed E-state index contributed by atoms with van der Waals surface area (Å²) in [7, 11) is 0. The van der Waals surface area contributed by atoms with Crippen LogP contribution in [0.4, 0.5) is 0 Å². The normalized spacial score (nSPS) is 14.0. The highest BCUT2D eigenvalue weighted by molar-refractivity contribution is 5.96. The molecule has 0 aliphatic heterocycles. The number of aromatic nitrogens is 4. The lowest BCUT2D eigenvalue weighted by Gasteiger charge is -2.24. The zero-order valence-electron chi connectivity index (χ0n) is 19.3. The number of carbonyl (C=O) groups excluding carboxylic acids is 4. The average Bonchev–Trinajstić information content (AvgIpc) is 3.51. The van der Waals surface area contributed by atoms with Crippen molar-refractivity contribution >= 4 is 35.6 Å². The lowest BCUT2D eigenvalue weighted by atomic mass is 10.1. The van der Waals surface area contributed by atoms with Crippen molar-refractivity contribution in [3.8, 4) is 0 Å². The largest absolute Gasteiger partial charge is 0.481 e. The van der Waals surface area contributed by atoms with Gasteiger partial charge in [-0.15, -0.1) is 0 Å². The predicted octanol–water partition coefficient (Wildman–Crippen LogP) is -3.87. The third kappa shape index (κ3) is 9.40. The number of nitrogens with two attached hydrogens (primary N) is 2. The second-order valence-electron chi connectivity index (χ2n) is 7.96. The maximum Gasteiger partial charge on any atom is 0.326 e. The SMILES string of the molecule is NC(=O)CC(N)C(=O)NC(Cc1cnc[nH]1)C(=O)NC(CC(=O)O)C(=O)NC(Cc1cnc[nH]1)C(=O)O. The Kier molecular flexibility index (Phi) is 10.2. The first-order valence-corrected chi connectivity index (χ1v) is 10.8. The van der Waals surface area contributed by atoms with E-state index in [-0.39, 0.29) is 12.8 Å². The molecule has 0 radical (unpaired) electrons. The van der Waals surface area contributed by atoms with E-state index in [2.05, 4.69) is 35.9 Å². The third-order valence-corrected chi connectivity index (χ3v) is 4.97. The van der Waals surface area contributed by atoms with E-state index in [1.165, 1.54) is 25.0 Å². The molecular weight excluding hydrogens is 494 g/mol. The number of nitrogens with one attached hydrogen (secondary N) is 5. The molecule has 2 aromatic rings. The zero-order valence-corrected chi connectivity index (χ0v) is 19.3. The quantitative estimate of drug-likeness (QED) is 0.109. The number of carboxylic acid groups (broad SMARTS) is 2. The lowest BCUT2D eigenvalue weighted by Crippen LogP contribution is -2.58. The van der Waals surface area contributed by atoms with Gasteiger partial charge in [0, 0.05) is 36.6 Å². The zero-order chi connectivity index (χ0) is 27.5. The Morgan fingerprint density at radius 2 is 1.27 bits per heavy atom. The fraction of sp³-hybridized carbons (Fsp3) is 0.400. The molecule has 0 aliphatic carbocycles. The Bertz CT molecular complexity index is 1100. The molecule has 0 aromatic carbocycles. The van der Waals surface area contributed by atoms with Crippen LogP contribution >= 0.6 is 0 Å². The van der Waals surface area contributed by atoms with Crippen LogP contribution in [0.2, 0.25) is 0 Å². The highest BCUT2D eigenvalue weighted by Gasteiger charge is 2.32. The number of hydrogen-bond acceptors (Lipinski definition) is 9. The molecule has 17 nitrogen and oxygen atoms in total. The summed E-state index contributed by atoms with van der Waals surface area (Å²) in [6.07, 6.45) is 3.60. The summed E-state index contributed by atoms with van der Waals surface area (Å²) in [5.74, 6) is -6.67. The van der Waals surface area contributed by atoms with Gasteiger partial charge >= 0.3 is 11.9 Å². The van der Waals surface area contributed by atoms with Crippen LogP contribution in [0.5, 0.6) is 0 Å². The third-order valence-electron chi connectivity index (χ3n) is 4.97. The predicted molar refractivity (Wildman–Crippen MR) is 122 cm³/mol. The molecule has 4 atom stereocenters. The monoisotopic (exact) mass is 521 g/mol. The van der Waals surface area contributed by atoms with Crippen molar-refractivity contribution in [1.29, 1.82) is 0 Å². The Labute approximate surface area is 208 Å². The number of primary amides is 1. The van der Waals surface area contributed by atoms with E-state index >= 15 is 0 Å². The molecule has 37 heavy (non-hydrogen) atoms. The molecule has 0 aliphatic rings. The summed E-state index contributed by atoms with van der Waals surface area (Å²) in [5, 5.41) is 25.4. The van der Waals surface area contributed by atoms with Crippen molar-refractivity contribution in [3.05, 3.63) is 36.4 Å². The van der Waals surface area contributed by atoms with Gasteiger partial charge in [-0.1, -0.05) is 0 Å². The van der Waals surface area contributed by atoms with Gasteiger partial charge in [-0.05, 0) is 0 Å². The Morgan fingerprint density at radius 1 is 0.784 bits per heavy atom. The van der Waals surface area contributed by atoms with E-state index in [9.17, 15) is 39.0 Å². The van der Waals surface area contributed by atoms with Gasteiger partial charge in [-0.25, -0.2) is 14.8 Å². The van der Waals surface area contributed by atoms with Gasteiger partial charge < -0.3 is 47.6 Å². The molecule has 2 rings (SSSR count). The number of hydrogen-bond donors (Lipinski definition) is 9. The average molecular weight is 521 g/mol. The highest BCUT2D eigenvalue weighted by Crippen LogP contribution is 2.05. The van der Waals surface area contributed by atoms with Crippen LogP contribution in [0.3, 0.4) is 0 Å². The van der Waals surface area contributed by atoms with Crippen LogP contribution in [0.25, 0.3) is 0 Å². The summed E-state index contributed by atoms with van der Waals surface area (Å²) in [5.41, 5.74) is 11.5. The number of rotatable bonds is 15. The molecule has 2 heterocycles. The molecule has 4 unspecified atom stereocenters. The smallest absolute Gasteiger partial charge is 0.326 e. The molecule has 11 N–H and O–H groups in total. The minimum atomic E-state index is -1.70. The molecule has 0 spiro atoms. The first-order chi connectivity index (χ1) is 17.5. The van der Waals surface area contributed by atoms with Crippen LogP contribution in [0.15, 0.2) is 25.0 Å². The van der Waals surface area contributed by atoms with Crippen molar-refractivity contribution in [2.45, 2.75) is 49.9 Å². The number of H-pyrrole nitrogens is 2. The van der Waals surface area contributed by atoms with Crippen LogP contribution in [0, 0.1) is 0 Å². The number of amides is 4. The van der Waals surface area contributed by atoms with Crippen molar-refractivity contribution in [2.24, 2.45) is 11.5 Å². The molecule has 17 heteroatoms. The minimum absolute atomic E-state index is 0.167. The fourth-order valence-corrected chi connectivity index (χ4v) is 3.16. The van der Waals surface area contributed by atoms with Crippen molar-refractivity contribution < 1.29 is 39.0 Å². The first-order valence-electron chi connectivity index (χ1n) is 10.8. The lowest BCUT2D eigenvalue weighted by molar-refractivity contribution is -0.143. The molecule has 200 valence electrons. The minimum Gasteiger partial charge on any atom is -0.481 e. The Morgan fingerprint density at radius 3 is 1.73 bits per heavy atom. The molecule has 0 fully saturated rings. The van der Waals surface area contributed by atoms with Crippen molar-refractivity contribution in [2.75, 3.05) is 0 Å². The van der Waals surface area contributed by atoms with Crippen molar-refractivity contribution in [3.63, 3.8) is 0 Å². The molecule has 0 saturated carbocycles. The summed E-state index contributed by atoms with van der Waals surface area (Å²) < 4.78 is 0. The number of carbonyl (C=O) groups is 6. The van der Waals surface area contributed by atoms with Crippen LogP contribution in [-0.4, -0.2) is 89.9 Å². The molecule has 0 saturated heterocycles. The summed E-state index contributed by atoms with van der Waals surface area (Å²) >= 11 is 0. The van der Waals surface area contributed by atoms with Gasteiger partial charge in [0.25, 0.3) is 0 Å². The highest BCUT2D eigenvalue weighted by atomic mass is 16.4. The Balaban J connectivity index is 2.18. The van der Waals surface area contributed by atoms with Gasteiger partial charge in [0.05, 0.1) is 31.5 Å². The van der Waals surface area contributed by atoms with E-state index in [1.54, 1.807) is 0 Å². The van der Waals surface area contributed by atoms with E-state index in [0.29, 0.717) is 11.4 Å². The first kappa shape index (κ1) is 28.4. The van der Waals surface area contributed by atoms with Gasteiger partial charge in [-0.2, -0.15) is 0 Å². The number of aromatic amines is 2. The maximum atomic E-state index is 13.0. The molecule has 2 aromatic heterocycles. The summed E-state index contributed by atoms with van der Waals surface area (Å²) in [4.78, 5) is 85.3. The number of carboxylic acids is 2. The van der Waals surface area contributed by atoms with Crippen molar-refractivity contribution in [1.82, 2.24) is 35.9 Å². The van der Waals surface area contributed by atoms with E-state index in [1.807, 2.05) is 0 Å². The van der Waals surface area contributed by atoms with Gasteiger partial charge in [-0.3, -0.25) is 24.0 Å². The molecular formula is C20H27N9O8. The van der Waals surface area contributed by atoms with Crippen LogP contribution < -0.4 is 27.4 Å². The number of nitrogens with zero attached hydrogens (tertiary/aromatic N) is 2. The van der Waals surface area contributed by atoms with E-state index in [4.69, 9.17) is 11.5 Å². The Hall–Kier alpha value is -4.80. The van der Waals surface area contributed by atoms with Crippen LogP contribution in [0.1, 0.15) is 24.2 Å². The van der Waals surface area contributed by atoms with E-state index in [0.717, 1.165) is 0 Å². The fourth-order valence-electron chi connectivity index (χ4n) is 3.16. The maximum absolute atomic E-state index is 13.0. The standard InChI is InChI=1S/C20H27N9O8/c21-11(3-15(22)30)17(33)27-12(1-9-5-23-7-25-9)18(34)28-13(4-16(31)32)19(35)29-14(20(36)37)2-10-6-24-8-26-10/h5-8,11-14H,1-4,21H2,(H2,22,30)(H,23,25)(H,24,26)(H,27,33)(H,28,34)(H,29,35)(H,31,32)(H,36,37). The molecule has 0 bridgehead atoms. The second-order valence-corrected chi connectivity index (χ2v) is 7.96. The van der Waals surface area contributed by atoms with Gasteiger partial charge in [0.2, 0.25) is 23.6 Å². The van der Waals surface area contributed by atoms with Gasteiger partial charge in [0.1, 0.15) is 18.1 Å². The summed E-state index contributed by atoms with van der Waals surface area (Å²) in [6, 6.07) is -5.91. The summed E-state index contributed by atoms with van der Waals surface area (Å²) in [6.45, 7) is 0. The number of aliphatic carboxylic acids is 2. The number of imidazole rings is 2. The van der Waals surface area contributed by atoms with E-state index < -0.39 is 72.6 Å².